The van der Waals surface area contributed by atoms with Crippen LogP contribution in [0.5, 0.6) is 0 Å². The summed E-state index contributed by atoms with van der Waals surface area (Å²) in [6, 6.07) is 4.69. The summed E-state index contributed by atoms with van der Waals surface area (Å²) in [5.41, 5.74) is -0.889. The number of carbonyl (C=O) groups excluding carboxylic acids is 1. The molecule has 0 spiro atoms. The van der Waals surface area contributed by atoms with E-state index in [0.717, 1.165) is 37.8 Å². The molecule has 1 amide bonds. The van der Waals surface area contributed by atoms with Crippen molar-refractivity contribution in [1.82, 2.24) is 20.3 Å². The number of amides is 1. The van der Waals surface area contributed by atoms with Crippen LogP contribution < -0.4 is 5.32 Å². The predicted molar refractivity (Wildman–Crippen MR) is 119 cm³/mol. The molecule has 186 valence electrons. The molecule has 7 nitrogen and oxygen atoms in total. The first kappa shape index (κ1) is 25.7. The zero-order valence-corrected chi connectivity index (χ0v) is 19.6. The number of halogens is 3. The quantitative estimate of drug-likeness (QED) is 0.584. The lowest BCUT2D eigenvalue weighted by atomic mass is 9.81. The van der Waals surface area contributed by atoms with E-state index in [-0.39, 0.29) is 5.91 Å². The number of carbonyl (C=O) groups is 2. The molecular formula is C24H31F3N4O3. The first-order valence-electron chi connectivity index (χ1n) is 11.5. The molecule has 2 N–H and O–H groups in total. The fourth-order valence-electron chi connectivity index (χ4n) is 4.31. The largest absolute Gasteiger partial charge is 0.481 e. The molecule has 1 aliphatic carbocycles. The maximum absolute atomic E-state index is 12.7. The highest BCUT2D eigenvalue weighted by atomic mass is 19.4. The van der Waals surface area contributed by atoms with Crippen LogP contribution in [-0.4, -0.2) is 38.5 Å². The van der Waals surface area contributed by atoms with Gasteiger partial charge in [-0.05, 0) is 69.6 Å². The van der Waals surface area contributed by atoms with Crippen molar-refractivity contribution >= 4 is 11.9 Å². The average Bonchev–Trinajstić information content (AvgIpc) is 3.26. The van der Waals surface area contributed by atoms with Gasteiger partial charge in [-0.3, -0.25) is 14.3 Å². The third-order valence-corrected chi connectivity index (χ3v) is 6.75. The molecule has 3 rings (SSSR count). The molecule has 2 aromatic rings. The molecular weight excluding hydrogens is 449 g/mol. The number of alkyl halides is 3. The molecule has 1 aliphatic rings. The second-order valence-electron chi connectivity index (χ2n) is 9.74. The Balaban J connectivity index is 1.51. The molecule has 1 saturated carbocycles. The third kappa shape index (κ3) is 6.15. The summed E-state index contributed by atoms with van der Waals surface area (Å²) in [5.74, 6) is -1.09. The number of aromatic nitrogens is 3. The van der Waals surface area contributed by atoms with Gasteiger partial charge in [-0.25, -0.2) is 0 Å². The van der Waals surface area contributed by atoms with Crippen LogP contribution in [0.2, 0.25) is 0 Å². The van der Waals surface area contributed by atoms with E-state index in [1.54, 1.807) is 31.6 Å². The van der Waals surface area contributed by atoms with Gasteiger partial charge >= 0.3 is 12.1 Å². The molecule has 1 unspecified atom stereocenters. The van der Waals surface area contributed by atoms with Gasteiger partial charge in [0.05, 0.1) is 17.2 Å². The van der Waals surface area contributed by atoms with Crippen molar-refractivity contribution in [2.24, 2.45) is 11.8 Å². The van der Waals surface area contributed by atoms with E-state index in [1.807, 2.05) is 0 Å². The van der Waals surface area contributed by atoms with E-state index < -0.39 is 29.0 Å². The maximum Gasteiger partial charge on any atom is 0.416 e. The Bertz CT molecular complexity index is 1000. The Morgan fingerprint density at radius 2 is 1.82 bits per heavy atom. The number of benzene rings is 1. The van der Waals surface area contributed by atoms with E-state index in [4.69, 9.17) is 0 Å². The van der Waals surface area contributed by atoms with Crippen molar-refractivity contribution in [2.45, 2.75) is 70.5 Å². The number of nitrogens with one attached hydrogen (secondary N) is 1. The molecule has 1 aromatic heterocycles. The summed E-state index contributed by atoms with van der Waals surface area (Å²) in [7, 11) is 0. The second kappa shape index (κ2) is 10.1. The maximum atomic E-state index is 12.7. The Kier molecular flexibility index (Phi) is 7.67. The Labute approximate surface area is 196 Å². The summed E-state index contributed by atoms with van der Waals surface area (Å²) in [6.07, 6.45) is 1.20. The fourth-order valence-corrected chi connectivity index (χ4v) is 4.31. The van der Waals surface area contributed by atoms with Gasteiger partial charge in [0.25, 0.3) is 0 Å². The molecule has 1 heterocycles. The fraction of sp³-hybridized carbons (Fsp3) is 0.583. The summed E-state index contributed by atoms with van der Waals surface area (Å²) in [6.45, 7) is 6.01. The van der Waals surface area contributed by atoms with Crippen molar-refractivity contribution in [3.63, 3.8) is 0 Å². The first-order chi connectivity index (χ1) is 15.9. The minimum atomic E-state index is -4.40. The minimum Gasteiger partial charge on any atom is -0.481 e. The van der Waals surface area contributed by atoms with Gasteiger partial charge in [0.2, 0.25) is 5.91 Å². The number of nitrogens with zero attached hydrogens (tertiary/aromatic N) is 3. The van der Waals surface area contributed by atoms with Crippen molar-refractivity contribution in [3.8, 4) is 0 Å². The lowest BCUT2D eigenvalue weighted by Gasteiger charge is -2.29. The van der Waals surface area contributed by atoms with Crippen LogP contribution >= 0.6 is 0 Å². The average molecular weight is 481 g/mol. The van der Waals surface area contributed by atoms with E-state index in [0.29, 0.717) is 36.2 Å². The second-order valence-corrected chi connectivity index (χ2v) is 9.74. The van der Waals surface area contributed by atoms with Crippen LogP contribution in [0.3, 0.4) is 0 Å². The standard InChI is InChI=1S/C24H31F3N4O3/c1-15(18-7-9-19(10-8-18)24(25,26)27)21(32)28-12-16-5-4-6-17(11-16)13-31-14-20(29-30-31)23(2,3)22(33)34/h7-10,14-17H,4-6,11-13H2,1-3H3,(H,28,32)(H,33,34)/t15?,16-,17+/m1/s1. The molecule has 1 fully saturated rings. The highest BCUT2D eigenvalue weighted by Gasteiger charge is 2.33. The highest BCUT2D eigenvalue weighted by molar-refractivity contribution is 5.83. The molecule has 10 heteroatoms. The van der Waals surface area contributed by atoms with Crippen LogP contribution in [-0.2, 0) is 27.7 Å². The zero-order valence-electron chi connectivity index (χ0n) is 19.6. The highest BCUT2D eigenvalue weighted by Crippen LogP contribution is 2.32. The van der Waals surface area contributed by atoms with Crippen molar-refractivity contribution in [2.75, 3.05) is 6.54 Å². The summed E-state index contributed by atoms with van der Waals surface area (Å²) >= 11 is 0. The molecule has 0 saturated heterocycles. The summed E-state index contributed by atoms with van der Waals surface area (Å²) < 4.78 is 39.9. The normalized spacial score (nSPS) is 20.1. The van der Waals surface area contributed by atoms with E-state index in [1.165, 1.54) is 12.1 Å². The lowest BCUT2D eigenvalue weighted by Crippen LogP contribution is -2.34. The smallest absolute Gasteiger partial charge is 0.416 e. The summed E-state index contributed by atoms with van der Waals surface area (Å²) in [4.78, 5) is 24.0. The van der Waals surface area contributed by atoms with Crippen LogP contribution in [0.4, 0.5) is 13.2 Å². The van der Waals surface area contributed by atoms with Gasteiger partial charge in [-0.2, -0.15) is 13.2 Å². The van der Waals surface area contributed by atoms with Crippen molar-refractivity contribution in [3.05, 3.63) is 47.3 Å². The predicted octanol–water partition coefficient (Wildman–Crippen LogP) is 4.39. The van der Waals surface area contributed by atoms with Gasteiger partial charge < -0.3 is 10.4 Å². The Hall–Kier alpha value is -2.91. The van der Waals surface area contributed by atoms with Gasteiger partial charge in [0.1, 0.15) is 5.41 Å². The van der Waals surface area contributed by atoms with Crippen molar-refractivity contribution in [1.29, 1.82) is 0 Å². The third-order valence-electron chi connectivity index (χ3n) is 6.75. The Morgan fingerprint density at radius 1 is 1.18 bits per heavy atom. The minimum absolute atomic E-state index is 0.210. The van der Waals surface area contributed by atoms with Crippen LogP contribution in [0.15, 0.2) is 30.5 Å². The number of hydrogen-bond acceptors (Lipinski definition) is 4. The van der Waals surface area contributed by atoms with Gasteiger partial charge in [-0.1, -0.05) is 23.8 Å². The van der Waals surface area contributed by atoms with E-state index in [9.17, 15) is 27.9 Å². The summed E-state index contributed by atoms with van der Waals surface area (Å²) in [5, 5.41) is 20.5. The molecule has 34 heavy (non-hydrogen) atoms. The molecule has 0 aliphatic heterocycles. The number of rotatable bonds is 8. The number of carboxylic acid groups (broad SMARTS) is 1. The zero-order chi connectivity index (χ0) is 25.1. The van der Waals surface area contributed by atoms with E-state index >= 15 is 0 Å². The number of carboxylic acids is 1. The Morgan fingerprint density at radius 3 is 2.44 bits per heavy atom. The van der Waals surface area contributed by atoms with Gasteiger partial charge in [0.15, 0.2) is 0 Å². The lowest BCUT2D eigenvalue weighted by molar-refractivity contribution is -0.142. The molecule has 3 atom stereocenters. The first-order valence-corrected chi connectivity index (χ1v) is 11.5. The number of hydrogen-bond donors (Lipinski definition) is 2. The number of aliphatic carboxylic acids is 1. The van der Waals surface area contributed by atoms with E-state index in [2.05, 4.69) is 15.6 Å². The van der Waals surface area contributed by atoms with Crippen LogP contribution in [0, 0.1) is 11.8 Å². The topological polar surface area (TPSA) is 97.1 Å². The SMILES string of the molecule is CC(C(=O)NC[C@@H]1CCC[C@H](Cn2cc(C(C)(C)C(=O)O)nn2)C1)c1ccc(C(F)(F)F)cc1. The van der Waals surface area contributed by atoms with Gasteiger partial charge in [0, 0.05) is 19.3 Å². The van der Waals surface area contributed by atoms with Crippen molar-refractivity contribution < 1.29 is 27.9 Å². The van der Waals surface area contributed by atoms with Gasteiger partial charge in [-0.15, -0.1) is 5.10 Å². The molecule has 0 radical (unpaired) electrons. The van der Waals surface area contributed by atoms with Crippen LogP contribution in [0.25, 0.3) is 0 Å². The molecule has 0 bridgehead atoms. The molecule has 1 aromatic carbocycles. The van der Waals surface area contributed by atoms with Crippen LogP contribution in [0.1, 0.15) is 69.2 Å². The monoisotopic (exact) mass is 480 g/mol.